The van der Waals surface area contributed by atoms with Gasteiger partial charge in [0.1, 0.15) is 0 Å². The molecule has 16 heavy (non-hydrogen) atoms. The van der Waals surface area contributed by atoms with Gasteiger partial charge in [0.25, 0.3) is 0 Å². The van der Waals surface area contributed by atoms with Crippen LogP contribution in [0.4, 0.5) is 0 Å². The molecule has 3 nitrogen and oxygen atoms in total. The van der Waals surface area contributed by atoms with Gasteiger partial charge in [0.15, 0.2) is 0 Å². The molecule has 0 atom stereocenters. The van der Waals surface area contributed by atoms with Gasteiger partial charge in [-0.25, -0.2) is 5.48 Å². The summed E-state index contributed by atoms with van der Waals surface area (Å²) in [6.45, 7) is 4.21. The first-order valence-corrected chi connectivity index (χ1v) is 5.51. The van der Waals surface area contributed by atoms with Gasteiger partial charge in [-0.2, -0.15) is 0 Å². The molecule has 0 heterocycles. The topological polar surface area (TPSA) is 38.3 Å². The summed E-state index contributed by atoms with van der Waals surface area (Å²) in [6.07, 6.45) is 2.27. The van der Waals surface area contributed by atoms with E-state index in [1.54, 1.807) is 0 Å². The lowest BCUT2D eigenvalue weighted by molar-refractivity contribution is -0.131. The van der Waals surface area contributed by atoms with E-state index in [9.17, 15) is 4.79 Å². The number of carbonyl (C=O) groups is 1. The Bertz CT molecular complexity index is 361. The van der Waals surface area contributed by atoms with Crippen LogP contribution in [0, 0.1) is 13.8 Å². The van der Waals surface area contributed by atoms with Crippen LogP contribution < -0.4 is 5.48 Å². The highest BCUT2D eigenvalue weighted by Gasteiger charge is 2.01. The SMILES string of the molecule is CONC(=O)CCCc1ccc(C)c(C)c1. The van der Waals surface area contributed by atoms with Crippen molar-refractivity contribution in [2.24, 2.45) is 0 Å². The molecule has 1 aromatic carbocycles. The minimum atomic E-state index is -0.0636. The van der Waals surface area contributed by atoms with E-state index in [0.717, 1.165) is 12.8 Å². The first-order valence-electron chi connectivity index (χ1n) is 5.51. The van der Waals surface area contributed by atoms with Gasteiger partial charge in [0, 0.05) is 6.42 Å². The number of carbonyl (C=O) groups excluding carboxylic acids is 1. The minimum Gasteiger partial charge on any atom is -0.277 e. The molecule has 0 radical (unpaired) electrons. The van der Waals surface area contributed by atoms with Gasteiger partial charge in [0.2, 0.25) is 5.91 Å². The molecule has 0 saturated carbocycles. The molecular weight excluding hydrogens is 202 g/mol. The van der Waals surface area contributed by atoms with Gasteiger partial charge in [-0.3, -0.25) is 9.63 Å². The van der Waals surface area contributed by atoms with Gasteiger partial charge in [-0.1, -0.05) is 18.2 Å². The molecule has 1 rings (SSSR count). The van der Waals surface area contributed by atoms with Crippen molar-refractivity contribution in [3.63, 3.8) is 0 Å². The molecule has 0 fully saturated rings. The molecule has 0 saturated heterocycles. The fraction of sp³-hybridized carbons (Fsp3) is 0.462. The van der Waals surface area contributed by atoms with Crippen molar-refractivity contribution in [2.75, 3.05) is 7.11 Å². The van der Waals surface area contributed by atoms with E-state index in [4.69, 9.17) is 0 Å². The largest absolute Gasteiger partial charge is 0.277 e. The molecule has 0 aliphatic carbocycles. The van der Waals surface area contributed by atoms with E-state index in [1.807, 2.05) is 0 Å². The smallest absolute Gasteiger partial charge is 0.243 e. The first kappa shape index (κ1) is 12.7. The van der Waals surface area contributed by atoms with Crippen LogP contribution in [0.1, 0.15) is 29.5 Å². The zero-order chi connectivity index (χ0) is 12.0. The monoisotopic (exact) mass is 221 g/mol. The second kappa shape index (κ2) is 6.28. The summed E-state index contributed by atoms with van der Waals surface area (Å²) in [5.41, 5.74) is 6.21. The van der Waals surface area contributed by atoms with Crippen LogP contribution in [0.5, 0.6) is 0 Å². The van der Waals surface area contributed by atoms with Crippen LogP contribution in [0.2, 0.25) is 0 Å². The zero-order valence-electron chi connectivity index (χ0n) is 10.2. The lowest BCUT2D eigenvalue weighted by Crippen LogP contribution is -2.21. The molecule has 88 valence electrons. The molecule has 0 unspecified atom stereocenters. The minimum absolute atomic E-state index is 0.0636. The van der Waals surface area contributed by atoms with E-state index in [-0.39, 0.29) is 5.91 Å². The Morgan fingerprint density at radius 1 is 1.31 bits per heavy atom. The van der Waals surface area contributed by atoms with Gasteiger partial charge in [0.05, 0.1) is 7.11 Å². The fourth-order valence-corrected chi connectivity index (χ4v) is 1.58. The lowest BCUT2D eigenvalue weighted by atomic mass is 10.0. The summed E-state index contributed by atoms with van der Waals surface area (Å²) in [7, 11) is 1.45. The molecule has 1 amide bonds. The van der Waals surface area contributed by atoms with Crippen LogP contribution in [0.15, 0.2) is 18.2 Å². The van der Waals surface area contributed by atoms with Crippen LogP contribution in [0.25, 0.3) is 0 Å². The summed E-state index contributed by atoms with van der Waals surface area (Å²) in [5, 5.41) is 0. The number of amides is 1. The molecule has 0 spiro atoms. The van der Waals surface area contributed by atoms with E-state index < -0.39 is 0 Å². The molecule has 3 heteroatoms. The lowest BCUT2D eigenvalue weighted by Gasteiger charge is -2.05. The molecule has 1 N–H and O–H groups in total. The first-order chi connectivity index (χ1) is 7.63. The second-order valence-electron chi connectivity index (χ2n) is 4.00. The van der Waals surface area contributed by atoms with E-state index >= 15 is 0 Å². The van der Waals surface area contributed by atoms with Crippen LogP contribution in [-0.4, -0.2) is 13.0 Å². The number of aryl methyl sites for hydroxylation is 3. The highest BCUT2D eigenvalue weighted by atomic mass is 16.6. The molecule has 0 bridgehead atoms. The predicted molar refractivity (Wildman–Crippen MR) is 64.0 cm³/mol. The predicted octanol–water partition coefficient (Wildman–Crippen LogP) is 2.30. The summed E-state index contributed by atoms with van der Waals surface area (Å²) in [4.78, 5) is 15.7. The third-order valence-electron chi connectivity index (χ3n) is 2.66. The zero-order valence-corrected chi connectivity index (χ0v) is 10.2. The summed E-state index contributed by atoms with van der Waals surface area (Å²) < 4.78 is 0. The molecule has 1 aromatic rings. The normalized spacial score (nSPS) is 10.2. The Labute approximate surface area is 96.8 Å². The standard InChI is InChI=1S/C13H19NO2/c1-10-7-8-12(9-11(10)2)5-4-6-13(15)14-16-3/h7-9H,4-6H2,1-3H3,(H,14,15). The third-order valence-corrected chi connectivity index (χ3v) is 2.66. The highest BCUT2D eigenvalue weighted by molar-refractivity contribution is 5.74. The molecule has 0 aromatic heterocycles. The Kier molecular flexibility index (Phi) is 4.99. The summed E-state index contributed by atoms with van der Waals surface area (Å²) >= 11 is 0. The number of hydrogen-bond donors (Lipinski definition) is 1. The second-order valence-corrected chi connectivity index (χ2v) is 4.00. The van der Waals surface area contributed by atoms with E-state index in [0.29, 0.717) is 6.42 Å². The summed E-state index contributed by atoms with van der Waals surface area (Å²) in [5.74, 6) is -0.0636. The van der Waals surface area contributed by atoms with Gasteiger partial charge in [-0.15, -0.1) is 0 Å². The maximum atomic E-state index is 11.1. The van der Waals surface area contributed by atoms with Crippen molar-refractivity contribution in [2.45, 2.75) is 33.1 Å². The van der Waals surface area contributed by atoms with Crippen molar-refractivity contribution >= 4 is 5.91 Å². The van der Waals surface area contributed by atoms with Crippen molar-refractivity contribution in [1.82, 2.24) is 5.48 Å². The number of nitrogens with one attached hydrogen (secondary N) is 1. The van der Waals surface area contributed by atoms with Crippen molar-refractivity contribution in [3.8, 4) is 0 Å². The van der Waals surface area contributed by atoms with Crippen LogP contribution in [0.3, 0.4) is 0 Å². The Morgan fingerprint density at radius 2 is 2.06 bits per heavy atom. The van der Waals surface area contributed by atoms with Crippen LogP contribution >= 0.6 is 0 Å². The Hall–Kier alpha value is -1.35. The van der Waals surface area contributed by atoms with E-state index in [2.05, 4.69) is 42.4 Å². The molecular formula is C13H19NO2. The third kappa shape index (κ3) is 4.03. The summed E-state index contributed by atoms with van der Waals surface area (Å²) in [6, 6.07) is 6.43. The molecule has 0 aliphatic heterocycles. The molecule has 0 aliphatic rings. The van der Waals surface area contributed by atoms with Gasteiger partial charge in [-0.05, 0) is 43.4 Å². The number of hydroxylamine groups is 1. The maximum Gasteiger partial charge on any atom is 0.243 e. The van der Waals surface area contributed by atoms with Crippen molar-refractivity contribution in [3.05, 3.63) is 34.9 Å². The van der Waals surface area contributed by atoms with Gasteiger partial charge >= 0.3 is 0 Å². The quantitative estimate of drug-likeness (QED) is 0.775. The van der Waals surface area contributed by atoms with Crippen molar-refractivity contribution < 1.29 is 9.63 Å². The van der Waals surface area contributed by atoms with Crippen LogP contribution in [-0.2, 0) is 16.1 Å². The fourth-order valence-electron chi connectivity index (χ4n) is 1.58. The highest BCUT2D eigenvalue weighted by Crippen LogP contribution is 2.12. The average Bonchev–Trinajstić information content (AvgIpc) is 2.24. The Balaban J connectivity index is 2.37. The number of rotatable bonds is 5. The number of hydrogen-bond acceptors (Lipinski definition) is 2. The Morgan fingerprint density at radius 3 is 2.69 bits per heavy atom. The van der Waals surface area contributed by atoms with Crippen molar-refractivity contribution in [1.29, 1.82) is 0 Å². The average molecular weight is 221 g/mol. The van der Waals surface area contributed by atoms with E-state index in [1.165, 1.54) is 23.8 Å². The van der Waals surface area contributed by atoms with Gasteiger partial charge < -0.3 is 0 Å². The number of benzene rings is 1. The maximum absolute atomic E-state index is 11.1.